The number of rotatable bonds is 6. The molecular weight excluding hydrogens is 422 g/mol. The summed E-state index contributed by atoms with van der Waals surface area (Å²) in [5, 5.41) is 8.02. The van der Waals surface area contributed by atoms with Crippen molar-refractivity contribution < 1.29 is 19.1 Å². The number of halogens is 1. The molecule has 1 aromatic heterocycles. The number of ether oxygens (including phenoxy) is 2. The highest BCUT2D eigenvalue weighted by molar-refractivity contribution is 6.31. The van der Waals surface area contributed by atoms with Crippen LogP contribution in [0.3, 0.4) is 0 Å². The monoisotopic (exact) mass is 443 g/mol. The first-order chi connectivity index (χ1) is 14.8. The van der Waals surface area contributed by atoms with Crippen LogP contribution in [0.15, 0.2) is 41.2 Å². The van der Waals surface area contributed by atoms with Crippen LogP contribution in [-0.2, 0) is 16.1 Å². The molecule has 1 heterocycles. The average Bonchev–Trinajstić information content (AvgIpc) is 2.76. The topological polar surface area (TPSA) is 99.5 Å². The number of methoxy groups -OCH3 is 1. The molecule has 1 unspecified atom stereocenters. The molecular formula is C22H22ClN3O5. The summed E-state index contributed by atoms with van der Waals surface area (Å²) in [5.41, 5.74) is 0.822. The zero-order chi connectivity index (χ0) is 22.7. The van der Waals surface area contributed by atoms with Gasteiger partial charge in [0.05, 0.1) is 18.2 Å². The fraction of sp³-hybridized carbons (Fsp3) is 0.273. The summed E-state index contributed by atoms with van der Waals surface area (Å²) in [6, 6.07) is 9.89. The van der Waals surface area contributed by atoms with Gasteiger partial charge >= 0.3 is 5.97 Å². The van der Waals surface area contributed by atoms with Gasteiger partial charge in [0.15, 0.2) is 11.8 Å². The van der Waals surface area contributed by atoms with Gasteiger partial charge in [-0.15, -0.1) is 0 Å². The zero-order valence-electron chi connectivity index (χ0n) is 17.6. The molecule has 0 saturated heterocycles. The third-order valence-corrected chi connectivity index (χ3v) is 5.16. The summed E-state index contributed by atoms with van der Waals surface area (Å²) in [6.07, 6.45) is -1.13. The quantitative estimate of drug-likeness (QED) is 0.584. The number of esters is 1. The first-order valence-corrected chi connectivity index (χ1v) is 10.0. The number of aryl methyl sites for hydroxylation is 2. The summed E-state index contributed by atoms with van der Waals surface area (Å²) in [7, 11) is 1.46. The van der Waals surface area contributed by atoms with Crippen molar-refractivity contribution in [1.82, 2.24) is 9.78 Å². The predicted octanol–water partition coefficient (Wildman–Crippen LogP) is 3.57. The van der Waals surface area contributed by atoms with Gasteiger partial charge in [-0.05, 0) is 38.5 Å². The molecule has 0 aliphatic rings. The molecule has 3 rings (SSSR count). The van der Waals surface area contributed by atoms with Crippen molar-refractivity contribution in [3.05, 3.63) is 63.0 Å². The maximum absolute atomic E-state index is 12.8. The van der Waals surface area contributed by atoms with E-state index in [0.717, 1.165) is 5.56 Å². The van der Waals surface area contributed by atoms with E-state index in [9.17, 15) is 14.4 Å². The van der Waals surface area contributed by atoms with E-state index < -0.39 is 18.0 Å². The molecule has 1 amide bonds. The van der Waals surface area contributed by atoms with Gasteiger partial charge in [-0.2, -0.15) is 5.10 Å². The Labute approximate surface area is 183 Å². The van der Waals surface area contributed by atoms with Gasteiger partial charge in [-0.1, -0.05) is 29.8 Å². The van der Waals surface area contributed by atoms with Gasteiger partial charge < -0.3 is 14.8 Å². The maximum atomic E-state index is 12.8. The maximum Gasteiger partial charge on any atom is 0.360 e. The molecule has 0 aliphatic heterocycles. The molecule has 3 aromatic rings. The van der Waals surface area contributed by atoms with Crippen molar-refractivity contribution in [3.8, 4) is 5.75 Å². The molecule has 0 aliphatic carbocycles. The fourth-order valence-electron chi connectivity index (χ4n) is 3.03. The minimum atomic E-state index is -1.13. The molecule has 1 N–H and O–H groups in total. The number of anilines is 1. The molecule has 9 heteroatoms. The van der Waals surface area contributed by atoms with Crippen LogP contribution in [0.5, 0.6) is 5.75 Å². The Morgan fingerprint density at radius 1 is 1.23 bits per heavy atom. The number of hydrogen-bond acceptors (Lipinski definition) is 6. The number of amides is 1. The molecule has 0 radical (unpaired) electrons. The highest BCUT2D eigenvalue weighted by Crippen LogP contribution is 2.31. The largest absolute Gasteiger partial charge is 0.495 e. The zero-order valence-corrected chi connectivity index (χ0v) is 18.3. The van der Waals surface area contributed by atoms with Gasteiger partial charge in [0.2, 0.25) is 0 Å². The van der Waals surface area contributed by atoms with E-state index in [0.29, 0.717) is 27.2 Å². The number of fused-ring (bicyclic) bond motifs is 1. The van der Waals surface area contributed by atoms with Crippen molar-refractivity contribution in [2.24, 2.45) is 0 Å². The van der Waals surface area contributed by atoms with Crippen LogP contribution in [0.4, 0.5) is 5.69 Å². The number of hydrogen-bond donors (Lipinski definition) is 1. The Balaban J connectivity index is 1.84. The van der Waals surface area contributed by atoms with Gasteiger partial charge in [0.25, 0.3) is 11.5 Å². The van der Waals surface area contributed by atoms with E-state index in [1.54, 1.807) is 50.2 Å². The Bertz CT molecular complexity index is 1220. The SMILES string of the molecule is CCn1nc(C(=O)OC(C)C(=O)Nc2cc(C)c(Cl)cc2OC)c2ccccc2c1=O. The third-order valence-electron chi connectivity index (χ3n) is 4.75. The first-order valence-electron chi connectivity index (χ1n) is 9.62. The second-order valence-corrected chi connectivity index (χ2v) is 7.26. The lowest BCUT2D eigenvalue weighted by Gasteiger charge is -2.16. The van der Waals surface area contributed by atoms with Crippen LogP contribution in [-0.4, -0.2) is 34.9 Å². The van der Waals surface area contributed by atoms with E-state index in [1.807, 2.05) is 0 Å². The van der Waals surface area contributed by atoms with Crippen molar-refractivity contribution in [1.29, 1.82) is 0 Å². The second-order valence-electron chi connectivity index (χ2n) is 6.85. The molecule has 0 bridgehead atoms. The molecule has 0 spiro atoms. The Kier molecular flexibility index (Phi) is 6.60. The van der Waals surface area contributed by atoms with E-state index in [2.05, 4.69) is 10.4 Å². The molecule has 0 fully saturated rings. The van der Waals surface area contributed by atoms with Crippen LogP contribution < -0.4 is 15.6 Å². The minimum absolute atomic E-state index is 0.0309. The molecule has 8 nitrogen and oxygen atoms in total. The number of nitrogens with one attached hydrogen (secondary N) is 1. The first kappa shape index (κ1) is 22.3. The number of aromatic nitrogens is 2. The predicted molar refractivity (Wildman–Crippen MR) is 118 cm³/mol. The van der Waals surface area contributed by atoms with E-state index in [4.69, 9.17) is 21.1 Å². The van der Waals surface area contributed by atoms with Crippen molar-refractivity contribution >= 4 is 39.9 Å². The average molecular weight is 444 g/mol. The van der Waals surface area contributed by atoms with Crippen LogP contribution >= 0.6 is 11.6 Å². The van der Waals surface area contributed by atoms with Crippen LogP contribution in [0.1, 0.15) is 29.9 Å². The molecule has 1 atom stereocenters. The van der Waals surface area contributed by atoms with Crippen LogP contribution in [0.25, 0.3) is 10.8 Å². The number of benzene rings is 2. The van der Waals surface area contributed by atoms with Gasteiger partial charge in [-0.25, -0.2) is 9.48 Å². The Hall–Kier alpha value is -3.39. The lowest BCUT2D eigenvalue weighted by atomic mass is 10.1. The van der Waals surface area contributed by atoms with Gasteiger partial charge in [-0.3, -0.25) is 9.59 Å². The summed E-state index contributed by atoms with van der Waals surface area (Å²) in [5.74, 6) is -0.980. The fourth-order valence-corrected chi connectivity index (χ4v) is 3.19. The van der Waals surface area contributed by atoms with Gasteiger partial charge in [0, 0.05) is 23.0 Å². The lowest BCUT2D eigenvalue weighted by Crippen LogP contribution is -2.32. The number of nitrogens with zero attached hydrogens (tertiary/aromatic N) is 2. The van der Waals surface area contributed by atoms with Crippen molar-refractivity contribution in [2.75, 3.05) is 12.4 Å². The summed E-state index contributed by atoms with van der Waals surface area (Å²) < 4.78 is 11.8. The summed E-state index contributed by atoms with van der Waals surface area (Å²) in [6.45, 7) is 5.27. The standard InChI is InChI=1S/C22H22ClN3O5/c1-5-26-21(28)15-9-7-6-8-14(15)19(25-26)22(29)31-13(3)20(27)24-17-10-12(2)16(23)11-18(17)30-4/h6-11,13H,5H2,1-4H3,(H,24,27). The lowest BCUT2D eigenvalue weighted by molar-refractivity contribution is -0.123. The summed E-state index contributed by atoms with van der Waals surface area (Å²) >= 11 is 6.09. The molecule has 2 aromatic carbocycles. The third kappa shape index (κ3) is 4.54. The number of carbonyl (C=O) groups is 2. The van der Waals surface area contributed by atoms with Crippen LogP contribution in [0, 0.1) is 6.92 Å². The molecule has 31 heavy (non-hydrogen) atoms. The van der Waals surface area contributed by atoms with E-state index >= 15 is 0 Å². The number of carbonyl (C=O) groups excluding carboxylic acids is 2. The Morgan fingerprint density at radius 3 is 2.55 bits per heavy atom. The van der Waals surface area contributed by atoms with Crippen molar-refractivity contribution in [3.63, 3.8) is 0 Å². The van der Waals surface area contributed by atoms with E-state index in [-0.39, 0.29) is 17.8 Å². The van der Waals surface area contributed by atoms with Gasteiger partial charge in [0.1, 0.15) is 5.75 Å². The smallest absolute Gasteiger partial charge is 0.360 e. The van der Waals surface area contributed by atoms with Crippen LogP contribution in [0.2, 0.25) is 5.02 Å². The van der Waals surface area contributed by atoms with E-state index in [1.165, 1.54) is 18.7 Å². The molecule has 0 saturated carbocycles. The highest BCUT2D eigenvalue weighted by Gasteiger charge is 2.24. The highest BCUT2D eigenvalue weighted by atomic mass is 35.5. The Morgan fingerprint density at radius 2 is 1.90 bits per heavy atom. The van der Waals surface area contributed by atoms with Crippen molar-refractivity contribution in [2.45, 2.75) is 33.4 Å². The second kappa shape index (κ2) is 9.18. The minimum Gasteiger partial charge on any atom is -0.495 e. The normalized spacial score (nSPS) is 11.8. The summed E-state index contributed by atoms with van der Waals surface area (Å²) in [4.78, 5) is 37.9. The molecule has 162 valence electrons.